The number of hydrogen-bond donors (Lipinski definition) is 4. The predicted molar refractivity (Wildman–Crippen MR) is 96.4 cm³/mol. The van der Waals surface area contributed by atoms with Gasteiger partial charge in [-0.05, 0) is 25.5 Å². The highest BCUT2D eigenvalue weighted by Crippen LogP contribution is 2.27. The smallest absolute Gasteiger partial charge is 0.337 e. The number of carbonyl (C=O) groups excluding carboxylic acids is 1. The zero-order valence-corrected chi connectivity index (χ0v) is 15.2. The maximum Gasteiger partial charge on any atom is 0.337 e. The number of aryl methyl sites for hydroxylation is 1. The number of aliphatic hydroxyl groups is 1. The van der Waals surface area contributed by atoms with Crippen LogP contribution in [0.4, 0.5) is 9.93 Å². The van der Waals surface area contributed by atoms with Crippen molar-refractivity contribution in [1.82, 2.24) is 10.3 Å². The Kier molecular flexibility index (Phi) is 5.99. The molecule has 7 nitrogen and oxygen atoms in total. The quantitative estimate of drug-likeness (QED) is 0.612. The Morgan fingerprint density at radius 2 is 2.04 bits per heavy atom. The number of hydrogen-bond acceptors (Lipinski definition) is 5. The number of amides is 2. The Balaban J connectivity index is 1.99. The third kappa shape index (κ3) is 5.15. The molecule has 1 unspecified atom stereocenters. The number of urea groups is 1. The lowest BCUT2D eigenvalue weighted by Gasteiger charge is -2.18. The molecule has 1 heterocycles. The van der Waals surface area contributed by atoms with E-state index in [0.717, 1.165) is 23.1 Å². The second-order valence-electron chi connectivity index (χ2n) is 5.68. The van der Waals surface area contributed by atoms with Crippen molar-refractivity contribution in [3.63, 3.8) is 0 Å². The van der Waals surface area contributed by atoms with Crippen LogP contribution in [0, 0.1) is 6.92 Å². The third-order valence-electron chi connectivity index (χ3n) is 3.48. The number of anilines is 1. The lowest BCUT2D eigenvalue weighted by atomic mass is 10.1. The number of nitrogens with one attached hydrogen (secondary N) is 2. The highest BCUT2D eigenvalue weighted by atomic mass is 35.5. The lowest BCUT2D eigenvalue weighted by Crippen LogP contribution is -2.47. The molecule has 0 saturated heterocycles. The molecular weight excluding hydrogens is 366 g/mol. The van der Waals surface area contributed by atoms with Crippen LogP contribution >= 0.6 is 22.9 Å². The number of carboxylic acids is 1. The van der Waals surface area contributed by atoms with E-state index in [1.165, 1.54) is 11.3 Å². The standard InChI is InChI=1S/C16H18ClN3O4S/c1-9-12(7-10-5-3-4-6-11(10)17)25-15(19-9)20-14(23)18-8-16(2,24)13(21)22/h3-6,24H,7-8H2,1-2H3,(H,21,22)(H2,18,19,20,23). The number of benzene rings is 1. The minimum absolute atomic E-state index is 0.382. The van der Waals surface area contributed by atoms with Crippen LogP contribution in [0.3, 0.4) is 0 Å². The molecule has 1 aromatic carbocycles. The number of nitrogens with zero attached hydrogens (tertiary/aromatic N) is 1. The van der Waals surface area contributed by atoms with Gasteiger partial charge in [-0.1, -0.05) is 29.8 Å². The maximum absolute atomic E-state index is 11.8. The van der Waals surface area contributed by atoms with Gasteiger partial charge in [0.05, 0.1) is 12.2 Å². The second kappa shape index (κ2) is 7.81. The molecule has 25 heavy (non-hydrogen) atoms. The second-order valence-corrected chi connectivity index (χ2v) is 7.17. The summed E-state index contributed by atoms with van der Waals surface area (Å²) in [5.41, 5.74) is -0.298. The van der Waals surface area contributed by atoms with Crippen molar-refractivity contribution >= 4 is 40.1 Å². The Labute approximate surface area is 153 Å². The van der Waals surface area contributed by atoms with Crippen molar-refractivity contribution in [2.75, 3.05) is 11.9 Å². The fourth-order valence-electron chi connectivity index (χ4n) is 1.93. The number of thiazole rings is 1. The van der Waals surface area contributed by atoms with Crippen LogP contribution in [0.15, 0.2) is 24.3 Å². The minimum atomic E-state index is -2.04. The molecule has 1 atom stereocenters. The highest BCUT2D eigenvalue weighted by molar-refractivity contribution is 7.15. The van der Waals surface area contributed by atoms with E-state index in [0.29, 0.717) is 16.6 Å². The molecule has 0 spiro atoms. The van der Waals surface area contributed by atoms with Gasteiger partial charge in [0.1, 0.15) is 0 Å². The monoisotopic (exact) mass is 383 g/mol. The Hall–Kier alpha value is -2.16. The summed E-state index contributed by atoms with van der Waals surface area (Å²) in [5, 5.41) is 24.3. The van der Waals surface area contributed by atoms with Crippen LogP contribution in [-0.2, 0) is 11.2 Å². The minimum Gasteiger partial charge on any atom is -0.479 e. The number of aliphatic carboxylic acids is 1. The summed E-state index contributed by atoms with van der Waals surface area (Å²) >= 11 is 7.47. The molecular formula is C16H18ClN3O4S. The van der Waals surface area contributed by atoms with E-state index in [4.69, 9.17) is 16.7 Å². The molecule has 0 fully saturated rings. The zero-order chi connectivity index (χ0) is 18.6. The largest absolute Gasteiger partial charge is 0.479 e. The van der Waals surface area contributed by atoms with E-state index in [1.54, 1.807) is 0 Å². The highest BCUT2D eigenvalue weighted by Gasteiger charge is 2.30. The first-order valence-corrected chi connectivity index (χ1v) is 8.59. The van der Waals surface area contributed by atoms with Gasteiger partial charge in [-0.2, -0.15) is 0 Å². The van der Waals surface area contributed by atoms with Gasteiger partial charge >= 0.3 is 12.0 Å². The van der Waals surface area contributed by atoms with Crippen LogP contribution in [0.1, 0.15) is 23.1 Å². The summed E-state index contributed by atoms with van der Waals surface area (Å²) in [6.07, 6.45) is 0.597. The molecule has 9 heteroatoms. The number of rotatable bonds is 6. The van der Waals surface area contributed by atoms with E-state index in [2.05, 4.69) is 15.6 Å². The maximum atomic E-state index is 11.8. The number of carbonyl (C=O) groups is 2. The van der Waals surface area contributed by atoms with E-state index in [1.807, 2.05) is 31.2 Å². The average molecular weight is 384 g/mol. The molecule has 2 amide bonds. The van der Waals surface area contributed by atoms with Crippen molar-refractivity contribution in [3.05, 3.63) is 45.4 Å². The molecule has 2 rings (SSSR count). The van der Waals surface area contributed by atoms with E-state index < -0.39 is 24.1 Å². The van der Waals surface area contributed by atoms with E-state index >= 15 is 0 Å². The fourth-order valence-corrected chi connectivity index (χ4v) is 3.11. The van der Waals surface area contributed by atoms with Gasteiger partial charge in [0.15, 0.2) is 10.7 Å². The van der Waals surface area contributed by atoms with Crippen molar-refractivity contribution in [2.45, 2.75) is 25.9 Å². The normalized spacial score (nSPS) is 13.1. The molecule has 0 bridgehead atoms. The summed E-state index contributed by atoms with van der Waals surface area (Å²) in [6.45, 7) is 2.51. The van der Waals surface area contributed by atoms with Crippen LogP contribution in [0.2, 0.25) is 5.02 Å². The van der Waals surface area contributed by atoms with Crippen molar-refractivity contribution in [1.29, 1.82) is 0 Å². The van der Waals surface area contributed by atoms with Gasteiger partial charge in [0, 0.05) is 16.3 Å². The number of carboxylic acid groups (broad SMARTS) is 1. The summed E-state index contributed by atoms with van der Waals surface area (Å²) in [7, 11) is 0. The van der Waals surface area contributed by atoms with Crippen molar-refractivity contribution in [2.24, 2.45) is 0 Å². The van der Waals surface area contributed by atoms with Crippen LogP contribution in [-0.4, -0.2) is 39.3 Å². The van der Waals surface area contributed by atoms with Crippen molar-refractivity contribution < 1.29 is 19.8 Å². The third-order valence-corrected chi connectivity index (χ3v) is 4.92. The van der Waals surface area contributed by atoms with Crippen molar-refractivity contribution in [3.8, 4) is 0 Å². The van der Waals surface area contributed by atoms with E-state index in [9.17, 15) is 14.7 Å². The summed E-state index contributed by atoms with van der Waals surface area (Å²) in [4.78, 5) is 27.9. The van der Waals surface area contributed by atoms with Gasteiger partial charge in [-0.15, -0.1) is 11.3 Å². The average Bonchev–Trinajstić information content (AvgIpc) is 2.87. The first-order chi connectivity index (χ1) is 11.7. The zero-order valence-electron chi connectivity index (χ0n) is 13.7. The van der Waals surface area contributed by atoms with Gasteiger partial charge in [0.2, 0.25) is 0 Å². The molecule has 134 valence electrons. The fraction of sp³-hybridized carbons (Fsp3) is 0.312. The van der Waals surface area contributed by atoms with Crippen LogP contribution in [0.25, 0.3) is 0 Å². The molecule has 0 saturated carbocycles. The molecule has 0 aliphatic carbocycles. The number of aromatic nitrogens is 1. The molecule has 0 aliphatic heterocycles. The summed E-state index contributed by atoms with van der Waals surface area (Å²) < 4.78 is 0. The Bertz CT molecular complexity index is 791. The Morgan fingerprint density at radius 1 is 1.36 bits per heavy atom. The summed E-state index contributed by atoms with van der Waals surface area (Å²) in [5.74, 6) is -1.42. The van der Waals surface area contributed by atoms with E-state index in [-0.39, 0.29) is 0 Å². The topological polar surface area (TPSA) is 112 Å². The lowest BCUT2D eigenvalue weighted by molar-refractivity contribution is -0.155. The molecule has 1 aromatic heterocycles. The number of halogens is 1. The molecule has 0 aliphatic rings. The predicted octanol–water partition coefficient (Wildman–Crippen LogP) is 2.65. The molecule has 4 N–H and O–H groups in total. The Morgan fingerprint density at radius 3 is 2.68 bits per heavy atom. The van der Waals surface area contributed by atoms with Gasteiger partial charge < -0.3 is 15.5 Å². The van der Waals surface area contributed by atoms with Gasteiger partial charge in [-0.25, -0.2) is 14.6 Å². The first kappa shape index (κ1) is 19.2. The van der Waals surface area contributed by atoms with Gasteiger partial charge in [0.25, 0.3) is 0 Å². The molecule has 2 aromatic rings. The molecule has 0 radical (unpaired) electrons. The SMILES string of the molecule is Cc1nc(NC(=O)NCC(C)(O)C(=O)O)sc1Cc1ccccc1Cl. The van der Waals surface area contributed by atoms with Crippen LogP contribution < -0.4 is 10.6 Å². The first-order valence-electron chi connectivity index (χ1n) is 7.39. The van der Waals surface area contributed by atoms with Crippen LogP contribution in [0.5, 0.6) is 0 Å². The summed E-state index contributed by atoms with van der Waals surface area (Å²) in [6, 6.07) is 6.86. The van der Waals surface area contributed by atoms with Gasteiger partial charge in [-0.3, -0.25) is 5.32 Å².